The lowest BCUT2D eigenvalue weighted by molar-refractivity contribution is -0.137. The highest BCUT2D eigenvalue weighted by molar-refractivity contribution is 6.31. The van der Waals surface area contributed by atoms with Gasteiger partial charge in [0.2, 0.25) is 0 Å². The Morgan fingerprint density at radius 3 is 2.39 bits per heavy atom. The number of pyridine rings is 1. The van der Waals surface area contributed by atoms with Crippen LogP contribution in [-0.4, -0.2) is 16.6 Å². The molecule has 4 nitrogen and oxygen atoms in total. The first kappa shape index (κ1) is 24.4. The van der Waals surface area contributed by atoms with Crippen molar-refractivity contribution in [3.05, 3.63) is 88.0 Å². The quantitative estimate of drug-likeness (QED) is 0.269. The van der Waals surface area contributed by atoms with E-state index in [9.17, 15) is 27.2 Å². The number of nitrogens with zero attached hydrogens (tertiary/aromatic N) is 1. The van der Waals surface area contributed by atoms with E-state index in [1.54, 1.807) is 6.92 Å². The number of Topliss-reactive ketones (excluding diaryl/α,β-unsaturated/α-hetero) is 2. The van der Waals surface area contributed by atoms with E-state index in [0.29, 0.717) is 5.75 Å². The SMILES string of the molecule is CCC(=O)c1cc(Oc2ccc(CC(=O)Cc3ccc(Cl)c(C(F)(F)F)c3)c(F)c2)ccn1. The van der Waals surface area contributed by atoms with Gasteiger partial charge in [-0.1, -0.05) is 30.7 Å². The summed E-state index contributed by atoms with van der Waals surface area (Å²) >= 11 is 5.59. The molecular weight excluding hydrogens is 462 g/mol. The van der Waals surface area contributed by atoms with Crippen LogP contribution in [0.15, 0.2) is 54.7 Å². The van der Waals surface area contributed by atoms with Gasteiger partial charge in [0.25, 0.3) is 0 Å². The van der Waals surface area contributed by atoms with Crippen molar-refractivity contribution in [2.45, 2.75) is 32.4 Å². The highest BCUT2D eigenvalue weighted by atomic mass is 35.5. The van der Waals surface area contributed by atoms with Crippen molar-refractivity contribution in [2.75, 3.05) is 0 Å². The molecule has 172 valence electrons. The van der Waals surface area contributed by atoms with Crippen molar-refractivity contribution < 1.29 is 31.9 Å². The number of ether oxygens (including phenoxy) is 1. The Bertz CT molecular complexity index is 1190. The minimum absolute atomic E-state index is 0.0777. The van der Waals surface area contributed by atoms with Crippen molar-refractivity contribution >= 4 is 23.2 Å². The Morgan fingerprint density at radius 1 is 1.00 bits per heavy atom. The van der Waals surface area contributed by atoms with E-state index >= 15 is 0 Å². The first-order valence-corrected chi connectivity index (χ1v) is 10.3. The number of alkyl halides is 3. The van der Waals surface area contributed by atoms with Gasteiger partial charge in [0.1, 0.15) is 28.8 Å². The van der Waals surface area contributed by atoms with E-state index in [1.165, 1.54) is 36.5 Å². The summed E-state index contributed by atoms with van der Waals surface area (Å²) in [5.41, 5.74) is -0.586. The van der Waals surface area contributed by atoms with Crippen molar-refractivity contribution in [2.24, 2.45) is 0 Å². The Hall–Kier alpha value is -3.26. The van der Waals surface area contributed by atoms with Crippen LogP contribution in [0.25, 0.3) is 0 Å². The zero-order valence-electron chi connectivity index (χ0n) is 17.4. The molecule has 0 saturated heterocycles. The molecular formula is C24H18ClF4NO3. The summed E-state index contributed by atoms with van der Waals surface area (Å²) < 4.78 is 59.1. The van der Waals surface area contributed by atoms with Crippen molar-refractivity contribution in [3.63, 3.8) is 0 Å². The van der Waals surface area contributed by atoms with Gasteiger partial charge in [-0.25, -0.2) is 4.39 Å². The number of rotatable bonds is 8. The minimum Gasteiger partial charge on any atom is -0.457 e. The van der Waals surface area contributed by atoms with Crippen LogP contribution in [-0.2, 0) is 23.8 Å². The van der Waals surface area contributed by atoms with Gasteiger partial charge in [0, 0.05) is 37.6 Å². The molecule has 0 saturated carbocycles. The molecule has 3 aromatic rings. The van der Waals surface area contributed by atoms with Gasteiger partial charge in [0.05, 0.1) is 10.6 Å². The predicted octanol–water partition coefficient (Wildman–Crippen LogP) is 6.63. The maximum Gasteiger partial charge on any atom is 0.417 e. The van der Waals surface area contributed by atoms with E-state index in [4.69, 9.17) is 16.3 Å². The zero-order valence-corrected chi connectivity index (χ0v) is 18.1. The highest BCUT2D eigenvalue weighted by Gasteiger charge is 2.33. The van der Waals surface area contributed by atoms with Crippen LogP contribution in [0.3, 0.4) is 0 Å². The van der Waals surface area contributed by atoms with Crippen LogP contribution < -0.4 is 4.74 Å². The molecule has 2 aromatic carbocycles. The lowest BCUT2D eigenvalue weighted by atomic mass is 10.0. The lowest BCUT2D eigenvalue weighted by Gasteiger charge is -2.11. The van der Waals surface area contributed by atoms with Gasteiger partial charge in [-0.2, -0.15) is 13.2 Å². The van der Waals surface area contributed by atoms with Crippen LogP contribution in [0.4, 0.5) is 17.6 Å². The number of hydrogen-bond acceptors (Lipinski definition) is 4. The van der Waals surface area contributed by atoms with Gasteiger partial charge in [-0.15, -0.1) is 0 Å². The van der Waals surface area contributed by atoms with Gasteiger partial charge in [0.15, 0.2) is 5.78 Å². The fraction of sp³-hybridized carbons (Fsp3) is 0.208. The number of benzene rings is 2. The molecule has 0 aliphatic heterocycles. The Kier molecular flexibility index (Phi) is 7.48. The molecule has 1 aromatic heterocycles. The highest BCUT2D eigenvalue weighted by Crippen LogP contribution is 2.35. The molecule has 33 heavy (non-hydrogen) atoms. The number of hydrogen-bond donors (Lipinski definition) is 0. The average Bonchev–Trinajstić information content (AvgIpc) is 2.76. The van der Waals surface area contributed by atoms with Crippen LogP contribution in [0.5, 0.6) is 11.5 Å². The van der Waals surface area contributed by atoms with Gasteiger partial charge in [-0.05, 0) is 35.4 Å². The third kappa shape index (κ3) is 6.38. The summed E-state index contributed by atoms with van der Waals surface area (Å²) in [6.07, 6.45) is -3.56. The van der Waals surface area contributed by atoms with Crippen LogP contribution in [0.2, 0.25) is 5.02 Å². The van der Waals surface area contributed by atoms with E-state index in [-0.39, 0.29) is 47.6 Å². The number of carbonyl (C=O) groups is 2. The summed E-state index contributed by atoms with van der Waals surface area (Å²) in [5.74, 6) is -0.879. The summed E-state index contributed by atoms with van der Waals surface area (Å²) in [7, 11) is 0. The first-order valence-electron chi connectivity index (χ1n) is 9.89. The average molecular weight is 480 g/mol. The molecule has 0 radical (unpaired) electrons. The second kappa shape index (κ2) is 10.1. The number of aromatic nitrogens is 1. The van der Waals surface area contributed by atoms with Crippen LogP contribution >= 0.6 is 11.6 Å². The standard InChI is InChI=1S/C24H18ClF4NO3/c1-2-23(32)22-13-18(7-8-30-22)33-17-5-4-15(21(26)12-17)11-16(31)9-14-3-6-20(25)19(10-14)24(27,28)29/h3-8,10,12-13H,2,9,11H2,1H3. The zero-order chi connectivity index (χ0) is 24.2. The van der Waals surface area contributed by atoms with Crippen molar-refractivity contribution in [1.29, 1.82) is 0 Å². The molecule has 0 aliphatic carbocycles. The van der Waals surface area contributed by atoms with Crippen molar-refractivity contribution in [3.8, 4) is 11.5 Å². The lowest BCUT2D eigenvalue weighted by Crippen LogP contribution is -2.10. The topological polar surface area (TPSA) is 56.3 Å². The van der Waals surface area contributed by atoms with Crippen LogP contribution in [0, 0.1) is 5.82 Å². The summed E-state index contributed by atoms with van der Waals surface area (Å²) in [5, 5.41) is -0.458. The molecule has 0 unspecified atom stereocenters. The van der Waals surface area contributed by atoms with E-state index in [1.807, 2.05) is 0 Å². The molecule has 0 bridgehead atoms. The fourth-order valence-corrected chi connectivity index (χ4v) is 3.31. The van der Waals surface area contributed by atoms with Crippen molar-refractivity contribution in [1.82, 2.24) is 4.98 Å². The maximum absolute atomic E-state index is 14.5. The molecule has 0 amide bonds. The second-order valence-electron chi connectivity index (χ2n) is 7.21. The Morgan fingerprint density at radius 2 is 1.73 bits per heavy atom. The van der Waals surface area contributed by atoms with Gasteiger partial charge < -0.3 is 4.74 Å². The third-order valence-electron chi connectivity index (χ3n) is 4.72. The Labute approximate surface area is 192 Å². The number of ketones is 2. The molecule has 3 rings (SSSR count). The molecule has 1 heterocycles. The van der Waals surface area contributed by atoms with E-state index in [2.05, 4.69) is 4.98 Å². The third-order valence-corrected chi connectivity index (χ3v) is 5.05. The van der Waals surface area contributed by atoms with Gasteiger partial charge >= 0.3 is 6.18 Å². The molecule has 0 fully saturated rings. The van der Waals surface area contributed by atoms with E-state index < -0.39 is 28.4 Å². The first-order chi connectivity index (χ1) is 15.6. The smallest absolute Gasteiger partial charge is 0.417 e. The number of carbonyl (C=O) groups excluding carboxylic acids is 2. The molecule has 0 atom stereocenters. The van der Waals surface area contributed by atoms with Gasteiger partial charge in [-0.3, -0.25) is 14.6 Å². The summed E-state index contributed by atoms with van der Waals surface area (Å²) in [6.45, 7) is 1.70. The van der Waals surface area contributed by atoms with E-state index in [0.717, 1.165) is 18.2 Å². The number of halogens is 5. The maximum atomic E-state index is 14.5. The second-order valence-corrected chi connectivity index (χ2v) is 7.62. The predicted molar refractivity (Wildman–Crippen MR) is 114 cm³/mol. The monoisotopic (exact) mass is 479 g/mol. The van der Waals surface area contributed by atoms with Crippen LogP contribution in [0.1, 0.15) is 40.5 Å². The minimum atomic E-state index is -4.64. The molecule has 0 aliphatic rings. The normalized spacial score (nSPS) is 11.3. The summed E-state index contributed by atoms with van der Waals surface area (Å²) in [4.78, 5) is 28.1. The Balaban J connectivity index is 1.68. The fourth-order valence-electron chi connectivity index (χ4n) is 3.08. The molecule has 9 heteroatoms. The molecule has 0 N–H and O–H groups in total. The molecule has 0 spiro atoms. The summed E-state index contributed by atoms with van der Waals surface area (Å²) in [6, 6.07) is 10.1. The largest absolute Gasteiger partial charge is 0.457 e.